The van der Waals surface area contributed by atoms with E-state index < -0.39 is 10.0 Å². The number of sulfonamides is 1. The molecule has 126 valence electrons. The highest BCUT2D eigenvalue weighted by Gasteiger charge is 2.23. The van der Waals surface area contributed by atoms with Crippen molar-refractivity contribution >= 4 is 26.6 Å². The maximum Gasteiger partial charge on any atom is 0.263 e. The van der Waals surface area contributed by atoms with Gasteiger partial charge in [0.1, 0.15) is 5.82 Å². The van der Waals surface area contributed by atoms with Crippen molar-refractivity contribution in [1.29, 1.82) is 0 Å². The van der Waals surface area contributed by atoms with E-state index in [0.717, 1.165) is 11.1 Å². The molecule has 0 bridgehead atoms. The third-order valence-electron chi connectivity index (χ3n) is 3.93. The molecule has 1 heterocycles. The van der Waals surface area contributed by atoms with Gasteiger partial charge in [0, 0.05) is 23.9 Å². The highest BCUT2D eigenvalue weighted by Crippen LogP contribution is 2.27. The molecule has 0 amide bonds. The van der Waals surface area contributed by atoms with Crippen LogP contribution in [0.3, 0.4) is 0 Å². The number of aromatic nitrogens is 2. The molecule has 0 aliphatic heterocycles. The zero-order valence-corrected chi connectivity index (χ0v) is 15.1. The fraction of sp³-hybridized carbons (Fsp3) is 0.278. The van der Waals surface area contributed by atoms with Gasteiger partial charge in [-0.05, 0) is 11.5 Å². The van der Waals surface area contributed by atoms with Crippen LogP contribution >= 0.6 is 0 Å². The summed E-state index contributed by atoms with van der Waals surface area (Å²) in [5, 5.41) is 6.00. The molecule has 3 rings (SSSR count). The molecule has 24 heavy (non-hydrogen) atoms. The summed E-state index contributed by atoms with van der Waals surface area (Å²) in [6, 6.07) is 14.5. The first kappa shape index (κ1) is 16.5. The number of hydrogen-bond donors (Lipinski definition) is 1. The topological polar surface area (TPSA) is 64.0 Å². The summed E-state index contributed by atoms with van der Waals surface area (Å²) < 4.78 is 30.0. The van der Waals surface area contributed by atoms with E-state index in [1.54, 1.807) is 29.9 Å². The van der Waals surface area contributed by atoms with Crippen LogP contribution in [-0.2, 0) is 22.5 Å². The highest BCUT2D eigenvalue weighted by atomic mass is 32.2. The van der Waals surface area contributed by atoms with E-state index in [0.29, 0.717) is 11.2 Å². The Hall–Kier alpha value is -2.34. The third-order valence-corrected chi connectivity index (χ3v) is 5.34. The van der Waals surface area contributed by atoms with E-state index in [2.05, 4.69) is 9.82 Å². The Kier molecular flexibility index (Phi) is 3.87. The largest absolute Gasteiger partial charge is 0.264 e. The summed E-state index contributed by atoms with van der Waals surface area (Å²) in [7, 11) is -1.97. The van der Waals surface area contributed by atoms with Crippen LogP contribution in [0.4, 0.5) is 5.82 Å². The zero-order valence-electron chi connectivity index (χ0n) is 14.2. The van der Waals surface area contributed by atoms with Gasteiger partial charge in [0.05, 0.1) is 10.6 Å². The first-order chi connectivity index (χ1) is 11.2. The average Bonchev–Trinajstić information content (AvgIpc) is 2.87. The summed E-state index contributed by atoms with van der Waals surface area (Å²) in [5.74, 6) is 0.452. The molecule has 0 unspecified atom stereocenters. The summed E-state index contributed by atoms with van der Waals surface area (Å²) in [6.45, 7) is 6.12. The van der Waals surface area contributed by atoms with Crippen molar-refractivity contribution < 1.29 is 8.42 Å². The third kappa shape index (κ3) is 3.01. The number of aryl methyl sites for hydroxylation is 1. The summed E-state index contributed by atoms with van der Waals surface area (Å²) in [4.78, 5) is 0.263. The van der Waals surface area contributed by atoms with Crippen LogP contribution in [0.2, 0.25) is 0 Å². The van der Waals surface area contributed by atoms with E-state index in [4.69, 9.17) is 0 Å². The lowest BCUT2D eigenvalue weighted by Crippen LogP contribution is -2.15. The van der Waals surface area contributed by atoms with Gasteiger partial charge in [-0.25, -0.2) is 8.42 Å². The number of nitrogens with zero attached hydrogens (tertiary/aromatic N) is 2. The van der Waals surface area contributed by atoms with Crippen molar-refractivity contribution in [2.45, 2.75) is 31.1 Å². The van der Waals surface area contributed by atoms with E-state index in [9.17, 15) is 8.42 Å². The smallest absolute Gasteiger partial charge is 0.263 e. The highest BCUT2D eigenvalue weighted by molar-refractivity contribution is 7.93. The molecule has 6 heteroatoms. The second-order valence-corrected chi connectivity index (χ2v) is 8.52. The van der Waals surface area contributed by atoms with Crippen LogP contribution in [0.15, 0.2) is 53.4 Å². The van der Waals surface area contributed by atoms with Crippen LogP contribution in [0.25, 0.3) is 10.8 Å². The van der Waals surface area contributed by atoms with E-state index in [1.807, 2.05) is 51.1 Å². The van der Waals surface area contributed by atoms with Crippen LogP contribution in [0.1, 0.15) is 26.5 Å². The maximum atomic E-state index is 12.9. The fourth-order valence-electron chi connectivity index (χ4n) is 2.55. The van der Waals surface area contributed by atoms with Crippen LogP contribution in [0.5, 0.6) is 0 Å². The summed E-state index contributed by atoms with van der Waals surface area (Å²) >= 11 is 0. The minimum absolute atomic E-state index is 0.152. The van der Waals surface area contributed by atoms with Crippen molar-refractivity contribution in [3.63, 3.8) is 0 Å². The molecular formula is C18H21N3O2S. The Morgan fingerprint density at radius 1 is 1.04 bits per heavy atom. The van der Waals surface area contributed by atoms with Crippen LogP contribution in [0, 0.1) is 0 Å². The van der Waals surface area contributed by atoms with E-state index >= 15 is 0 Å². The van der Waals surface area contributed by atoms with Crippen molar-refractivity contribution in [1.82, 2.24) is 9.78 Å². The van der Waals surface area contributed by atoms with Crippen LogP contribution < -0.4 is 4.72 Å². The number of nitrogens with one attached hydrogen (secondary N) is 1. The molecule has 0 aliphatic rings. The molecule has 1 N–H and O–H groups in total. The Morgan fingerprint density at radius 2 is 1.71 bits per heavy atom. The molecule has 0 spiro atoms. The quantitative estimate of drug-likeness (QED) is 0.789. The Morgan fingerprint density at radius 3 is 2.38 bits per heavy atom. The molecule has 0 aliphatic carbocycles. The van der Waals surface area contributed by atoms with Crippen molar-refractivity contribution in [2.75, 3.05) is 4.72 Å². The second-order valence-electron chi connectivity index (χ2n) is 6.87. The first-order valence-electron chi connectivity index (χ1n) is 7.73. The molecule has 1 aromatic heterocycles. The number of anilines is 1. The van der Waals surface area contributed by atoms with Gasteiger partial charge in [-0.15, -0.1) is 0 Å². The lowest BCUT2D eigenvalue weighted by Gasteiger charge is -2.13. The van der Waals surface area contributed by atoms with Gasteiger partial charge in [-0.3, -0.25) is 9.40 Å². The minimum atomic E-state index is -3.71. The first-order valence-corrected chi connectivity index (χ1v) is 9.22. The van der Waals surface area contributed by atoms with E-state index in [-0.39, 0.29) is 10.3 Å². The van der Waals surface area contributed by atoms with Crippen molar-refractivity contribution in [3.8, 4) is 0 Å². The summed E-state index contributed by atoms with van der Waals surface area (Å²) in [6.07, 6.45) is 0. The predicted molar refractivity (Wildman–Crippen MR) is 96.7 cm³/mol. The lowest BCUT2D eigenvalue weighted by molar-refractivity contribution is 0.553. The predicted octanol–water partition coefficient (Wildman–Crippen LogP) is 3.67. The molecular weight excluding hydrogens is 322 g/mol. The number of hydrogen-bond acceptors (Lipinski definition) is 3. The standard InChI is InChI=1S/C18H21N3O2S/c1-18(2,3)16-12-17(21(4)19-16)20-24(22,23)15-11-7-9-13-8-5-6-10-14(13)15/h5-12,20H,1-4H3. The molecule has 0 atom stereocenters. The number of rotatable bonds is 3. The molecule has 0 saturated heterocycles. The maximum absolute atomic E-state index is 12.9. The Bertz CT molecular complexity index is 993. The Labute approximate surface area is 142 Å². The van der Waals surface area contributed by atoms with Crippen molar-refractivity contribution in [3.05, 3.63) is 54.2 Å². The average molecular weight is 343 g/mol. The molecule has 5 nitrogen and oxygen atoms in total. The molecule has 3 aromatic rings. The van der Waals surface area contributed by atoms with Gasteiger partial charge in [0.25, 0.3) is 10.0 Å². The lowest BCUT2D eigenvalue weighted by atomic mass is 9.92. The van der Waals surface area contributed by atoms with Gasteiger partial charge in [0.15, 0.2) is 0 Å². The molecule has 2 aromatic carbocycles. The normalized spacial score (nSPS) is 12.5. The molecule has 0 radical (unpaired) electrons. The molecule has 0 fully saturated rings. The zero-order chi connectivity index (χ0) is 17.5. The van der Waals surface area contributed by atoms with Crippen LogP contribution in [-0.4, -0.2) is 18.2 Å². The molecule has 0 saturated carbocycles. The van der Waals surface area contributed by atoms with Gasteiger partial charge in [-0.1, -0.05) is 57.2 Å². The van der Waals surface area contributed by atoms with E-state index in [1.165, 1.54) is 0 Å². The summed E-state index contributed by atoms with van der Waals surface area (Å²) in [5.41, 5.74) is 0.682. The number of fused-ring (bicyclic) bond motifs is 1. The minimum Gasteiger partial charge on any atom is -0.264 e. The van der Waals surface area contributed by atoms with Gasteiger partial charge in [0.2, 0.25) is 0 Å². The van der Waals surface area contributed by atoms with Crippen molar-refractivity contribution in [2.24, 2.45) is 7.05 Å². The Balaban J connectivity index is 2.05. The van der Waals surface area contributed by atoms with Gasteiger partial charge >= 0.3 is 0 Å². The second kappa shape index (κ2) is 5.63. The SMILES string of the molecule is Cn1nc(C(C)(C)C)cc1NS(=O)(=O)c1cccc2ccccc12. The number of benzene rings is 2. The van der Waals surface area contributed by atoms with Gasteiger partial charge in [-0.2, -0.15) is 5.10 Å². The van der Waals surface area contributed by atoms with Gasteiger partial charge < -0.3 is 0 Å². The fourth-order valence-corrected chi connectivity index (χ4v) is 3.86. The monoisotopic (exact) mass is 343 g/mol.